The molecule has 0 N–H and O–H groups in total. The maximum absolute atomic E-state index is 13.0. The van der Waals surface area contributed by atoms with E-state index < -0.39 is 43.4 Å². The Kier molecular flexibility index (Phi) is 9.48. The minimum atomic E-state index is -4.04. The number of likely N-dealkylation sites (N-methyl/N-ethyl adjacent to an activating group) is 1. The fraction of sp³-hybridized carbons (Fsp3) is 0.636. The van der Waals surface area contributed by atoms with Crippen LogP contribution in [0, 0.1) is 0 Å². The van der Waals surface area contributed by atoms with Crippen LogP contribution in [-0.2, 0) is 39.0 Å². The van der Waals surface area contributed by atoms with E-state index in [1.54, 1.807) is 41.5 Å². The van der Waals surface area contributed by atoms with Gasteiger partial charge in [-0.15, -0.1) is 0 Å². The van der Waals surface area contributed by atoms with Crippen molar-refractivity contribution < 1.29 is 37.2 Å². The third-order valence-electron chi connectivity index (χ3n) is 3.99. The first-order valence-corrected chi connectivity index (χ1v) is 11.7. The van der Waals surface area contributed by atoms with Crippen LogP contribution in [0.2, 0.25) is 0 Å². The highest BCUT2D eigenvalue weighted by molar-refractivity contribution is 7.48. The number of nitrogens with zero attached hydrogens (tertiary/aromatic N) is 1. The van der Waals surface area contributed by atoms with Gasteiger partial charge in [-0.3, -0.25) is 13.9 Å². The van der Waals surface area contributed by atoms with Crippen molar-refractivity contribution in [1.29, 1.82) is 0 Å². The Bertz CT molecular complexity index is 791. The number of carbonyl (C=O) groups is 2. The summed E-state index contributed by atoms with van der Waals surface area (Å²) in [5.74, 6) is -0.783. The van der Waals surface area contributed by atoms with Gasteiger partial charge < -0.3 is 9.47 Å². The number of ether oxygens (including phenoxy) is 2. The van der Waals surface area contributed by atoms with Gasteiger partial charge in [-0.1, -0.05) is 30.3 Å². The highest BCUT2D eigenvalue weighted by atomic mass is 31.2. The molecule has 0 bridgehead atoms. The molecule has 0 spiro atoms. The maximum Gasteiger partial charge on any atom is 0.478 e. The molecule has 0 saturated heterocycles. The molecule has 1 rings (SSSR count). The van der Waals surface area contributed by atoms with Crippen LogP contribution in [0.25, 0.3) is 0 Å². The normalized spacial score (nSPS) is 12.9. The summed E-state index contributed by atoms with van der Waals surface area (Å²) in [7, 11) is -2.62. The smallest absolute Gasteiger partial charge is 0.445 e. The van der Waals surface area contributed by atoms with E-state index in [-0.39, 0.29) is 6.61 Å². The highest BCUT2D eigenvalue weighted by Crippen LogP contribution is 2.55. The highest BCUT2D eigenvalue weighted by Gasteiger charge is 2.40. The average molecular weight is 474 g/mol. The number of hydrogen-bond donors (Lipinski definition) is 0. The molecular formula is C22H36NO8P. The molecule has 0 radical (unpaired) electrons. The topological polar surface area (TPSA) is 101 Å². The Hall–Kier alpha value is -1.93. The fourth-order valence-electron chi connectivity index (χ4n) is 2.24. The Labute approximate surface area is 190 Å². The number of benzene rings is 1. The first-order valence-electron chi connectivity index (χ1n) is 10.2. The van der Waals surface area contributed by atoms with E-state index in [2.05, 4.69) is 0 Å². The predicted molar refractivity (Wildman–Crippen MR) is 120 cm³/mol. The van der Waals surface area contributed by atoms with Crippen molar-refractivity contribution in [2.24, 2.45) is 0 Å². The number of esters is 1. The van der Waals surface area contributed by atoms with E-state index in [1.807, 2.05) is 30.3 Å². The Balaban J connectivity index is 2.71. The minimum Gasteiger partial charge on any atom is -0.445 e. The van der Waals surface area contributed by atoms with Crippen LogP contribution in [-0.4, -0.2) is 47.5 Å². The Morgan fingerprint density at radius 1 is 0.875 bits per heavy atom. The van der Waals surface area contributed by atoms with Crippen molar-refractivity contribution in [1.82, 2.24) is 4.90 Å². The lowest BCUT2D eigenvalue weighted by Gasteiger charge is -2.33. The van der Waals surface area contributed by atoms with Crippen LogP contribution in [0.5, 0.6) is 0 Å². The van der Waals surface area contributed by atoms with Crippen LogP contribution in [0.1, 0.15) is 61.0 Å². The van der Waals surface area contributed by atoms with Crippen LogP contribution >= 0.6 is 7.82 Å². The number of carbonyl (C=O) groups excluding carboxylic acids is 2. The lowest BCUT2D eigenvalue weighted by molar-refractivity contribution is -0.163. The molecule has 0 fully saturated rings. The number of phosphoric ester groups is 1. The molecule has 0 aliphatic carbocycles. The van der Waals surface area contributed by atoms with Gasteiger partial charge in [-0.05, 0) is 61.0 Å². The minimum absolute atomic E-state index is 0.0652. The molecule has 1 amide bonds. The van der Waals surface area contributed by atoms with E-state index in [4.69, 9.17) is 23.0 Å². The van der Waals surface area contributed by atoms with E-state index in [0.29, 0.717) is 0 Å². The molecule has 0 atom stereocenters. The van der Waals surface area contributed by atoms with Gasteiger partial charge in [-0.25, -0.2) is 18.7 Å². The lowest BCUT2D eigenvalue weighted by atomic mass is 10.1. The first kappa shape index (κ1) is 28.1. The van der Waals surface area contributed by atoms with Crippen molar-refractivity contribution in [2.45, 2.75) is 78.7 Å². The number of hydrogen-bond acceptors (Lipinski definition) is 8. The second-order valence-electron chi connectivity index (χ2n) is 9.69. The maximum atomic E-state index is 13.0. The summed E-state index contributed by atoms with van der Waals surface area (Å²) in [5, 5.41) is 0. The van der Waals surface area contributed by atoms with Crippen molar-refractivity contribution in [3.8, 4) is 0 Å². The van der Waals surface area contributed by atoms with E-state index >= 15 is 0 Å². The molecule has 1 aromatic carbocycles. The SMILES string of the molecule is CN(C(=O)OCc1ccccc1)C(C)(C)C(=O)OCOP(=O)(OC(C)(C)C)OC(C)(C)C. The summed E-state index contributed by atoms with van der Waals surface area (Å²) in [5.41, 5.74) is -2.22. The monoisotopic (exact) mass is 473 g/mol. The van der Waals surface area contributed by atoms with Gasteiger partial charge in [0, 0.05) is 7.05 Å². The third kappa shape index (κ3) is 9.69. The van der Waals surface area contributed by atoms with Gasteiger partial charge in [0.05, 0.1) is 11.2 Å². The van der Waals surface area contributed by atoms with Crippen LogP contribution in [0.4, 0.5) is 4.79 Å². The molecule has 9 nitrogen and oxygen atoms in total. The average Bonchev–Trinajstić information content (AvgIpc) is 2.62. The fourth-order valence-corrected chi connectivity index (χ4v) is 3.91. The van der Waals surface area contributed by atoms with Gasteiger partial charge in [0.25, 0.3) is 0 Å². The van der Waals surface area contributed by atoms with Crippen molar-refractivity contribution in [3.63, 3.8) is 0 Å². The number of amides is 1. The van der Waals surface area contributed by atoms with Crippen molar-refractivity contribution in [2.75, 3.05) is 13.8 Å². The number of phosphoric acid groups is 1. The van der Waals surface area contributed by atoms with E-state index in [1.165, 1.54) is 20.9 Å². The van der Waals surface area contributed by atoms with Crippen molar-refractivity contribution in [3.05, 3.63) is 35.9 Å². The molecule has 0 aliphatic heterocycles. The molecule has 182 valence electrons. The van der Waals surface area contributed by atoms with E-state index in [0.717, 1.165) is 10.5 Å². The molecule has 0 aliphatic rings. The Morgan fingerprint density at radius 2 is 1.38 bits per heavy atom. The molecule has 10 heteroatoms. The Morgan fingerprint density at radius 3 is 1.84 bits per heavy atom. The summed E-state index contributed by atoms with van der Waals surface area (Å²) in [6, 6.07) is 9.17. The van der Waals surface area contributed by atoms with Gasteiger partial charge in [0.2, 0.25) is 6.79 Å². The summed E-state index contributed by atoms with van der Waals surface area (Å²) in [6.07, 6.45) is -0.700. The quantitative estimate of drug-likeness (QED) is 0.271. The molecular weight excluding hydrogens is 437 g/mol. The summed E-state index contributed by atoms with van der Waals surface area (Å²) in [6.45, 7) is 12.5. The number of rotatable bonds is 9. The van der Waals surface area contributed by atoms with Gasteiger partial charge in [0.1, 0.15) is 12.1 Å². The standard InChI is InChI=1S/C22H36NO8P/c1-20(2,3)30-32(26,31-21(4,5)6)29-16-28-18(24)22(7,8)23(9)19(25)27-15-17-13-11-10-12-14-17/h10-14H,15-16H2,1-9H3. The third-order valence-corrected chi connectivity index (χ3v) is 5.95. The van der Waals surface area contributed by atoms with Crippen LogP contribution in [0.15, 0.2) is 30.3 Å². The second kappa shape index (κ2) is 10.8. The zero-order chi connectivity index (χ0) is 24.8. The van der Waals surface area contributed by atoms with Crippen LogP contribution < -0.4 is 0 Å². The molecule has 32 heavy (non-hydrogen) atoms. The zero-order valence-corrected chi connectivity index (χ0v) is 21.4. The van der Waals surface area contributed by atoms with Crippen LogP contribution in [0.3, 0.4) is 0 Å². The first-order chi connectivity index (χ1) is 14.5. The van der Waals surface area contributed by atoms with Gasteiger partial charge in [0.15, 0.2) is 0 Å². The molecule has 0 aromatic heterocycles. The zero-order valence-electron chi connectivity index (χ0n) is 20.5. The molecule has 1 aromatic rings. The summed E-state index contributed by atoms with van der Waals surface area (Å²) < 4.78 is 39.5. The summed E-state index contributed by atoms with van der Waals surface area (Å²) >= 11 is 0. The lowest BCUT2D eigenvalue weighted by Crippen LogP contribution is -2.51. The molecule has 0 unspecified atom stereocenters. The van der Waals surface area contributed by atoms with E-state index in [9.17, 15) is 14.2 Å². The molecule has 0 heterocycles. The van der Waals surface area contributed by atoms with Gasteiger partial charge in [-0.2, -0.15) is 0 Å². The largest absolute Gasteiger partial charge is 0.478 e. The summed E-state index contributed by atoms with van der Waals surface area (Å²) in [4.78, 5) is 26.1. The predicted octanol–water partition coefficient (Wildman–Crippen LogP) is 5.29. The van der Waals surface area contributed by atoms with Crippen molar-refractivity contribution >= 4 is 19.9 Å². The molecule has 0 saturated carbocycles. The van der Waals surface area contributed by atoms with Gasteiger partial charge >= 0.3 is 19.9 Å². The second-order valence-corrected chi connectivity index (χ2v) is 11.2.